The number of Topliss-reactive ketones (excluding diaryl/α,β-unsaturated/α-hetero) is 1. The minimum absolute atomic E-state index is 0.0525. The molecule has 2 fully saturated rings. The molecule has 0 aromatic heterocycles. The molecule has 42 heavy (non-hydrogen) atoms. The van der Waals surface area contributed by atoms with Crippen molar-refractivity contribution in [2.45, 2.75) is 104 Å². The van der Waals surface area contributed by atoms with Crippen LogP contribution in [0.5, 0.6) is 5.75 Å². The van der Waals surface area contributed by atoms with Gasteiger partial charge in [0.15, 0.2) is 11.6 Å². The van der Waals surface area contributed by atoms with Gasteiger partial charge in [-0.05, 0) is 81.6 Å². The van der Waals surface area contributed by atoms with Crippen LogP contribution in [-0.4, -0.2) is 62.7 Å². The first-order valence-electron chi connectivity index (χ1n) is 15.6. The van der Waals surface area contributed by atoms with Crippen molar-refractivity contribution >= 4 is 40.9 Å². The minimum atomic E-state index is -0.416. The molecular formula is C33H47N5O3S. The number of piperidine rings is 1. The maximum atomic E-state index is 13.5. The van der Waals surface area contributed by atoms with Gasteiger partial charge in [0.2, 0.25) is 0 Å². The zero-order chi connectivity index (χ0) is 30.6. The molecule has 1 aliphatic carbocycles. The average molecular weight is 594 g/mol. The Balaban J connectivity index is 1.58. The second-order valence-corrected chi connectivity index (χ2v) is 12.2. The molecule has 1 atom stereocenters. The van der Waals surface area contributed by atoms with Crippen molar-refractivity contribution < 1.29 is 14.7 Å². The summed E-state index contributed by atoms with van der Waals surface area (Å²) in [5.41, 5.74) is 4.95. The number of allylic oxidation sites excluding steroid dienone is 2. The molecule has 1 saturated carbocycles. The van der Waals surface area contributed by atoms with E-state index in [0.29, 0.717) is 35.7 Å². The van der Waals surface area contributed by atoms with E-state index < -0.39 is 5.54 Å². The van der Waals surface area contributed by atoms with Gasteiger partial charge in [0.25, 0.3) is 5.91 Å². The number of carbonyl (C=O) groups is 2. The summed E-state index contributed by atoms with van der Waals surface area (Å²) in [6.07, 6.45) is 7.63. The molecule has 1 saturated heterocycles. The van der Waals surface area contributed by atoms with Gasteiger partial charge in [-0.3, -0.25) is 9.59 Å². The van der Waals surface area contributed by atoms with Crippen LogP contribution in [0.2, 0.25) is 0 Å². The molecule has 0 spiro atoms. The Bertz CT molecular complexity index is 1280. The highest BCUT2D eigenvalue weighted by Gasteiger charge is 2.49. The second kappa shape index (κ2) is 13.4. The summed E-state index contributed by atoms with van der Waals surface area (Å²) in [5.74, 6) is 0.629. The Hall–Kier alpha value is -3.20. The number of benzene rings is 1. The topological polar surface area (TPSA) is 88.5 Å². The first kappa shape index (κ1) is 31.7. The zero-order valence-electron chi connectivity index (χ0n) is 25.9. The van der Waals surface area contributed by atoms with Crippen LogP contribution in [0.3, 0.4) is 0 Å². The van der Waals surface area contributed by atoms with Crippen LogP contribution in [0.4, 0.5) is 5.69 Å². The molecule has 3 aliphatic rings. The van der Waals surface area contributed by atoms with Crippen LogP contribution >= 0.6 is 12.2 Å². The molecule has 1 amide bonds. The molecule has 1 unspecified atom stereocenters. The summed E-state index contributed by atoms with van der Waals surface area (Å²) in [6, 6.07) is 5.70. The molecule has 2 aliphatic heterocycles. The number of hydrogen-bond donors (Lipinski definition) is 2. The number of ketones is 1. The number of phenolic OH excluding ortho intramolecular Hbond substituents is 1. The second-order valence-electron chi connectivity index (χ2n) is 12.0. The standard InChI is InChI=1S/C33H47N5O3S/c1-7-11-23(5)38-30(24(6)22(4)8-2)32(41)34-31(35-38)27-20-26(12-13-28(27)39)36-18-14-25(15-19-36)37(21-42)33(16-10-17-33)29(40)9-3/h12-13,20-22,25,39H,5,7-11,14-19H2,1-4,6H3,(H,34,35,41)/b30-24-. The van der Waals surface area contributed by atoms with Gasteiger partial charge in [-0.2, -0.15) is 0 Å². The minimum Gasteiger partial charge on any atom is -0.507 e. The molecule has 4 rings (SSSR count). The number of nitrogens with zero attached hydrogens (tertiary/aromatic N) is 4. The van der Waals surface area contributed by atoms with Gasteiger partial charge in [-0.25, -0.2) is 5.01 Å². The summed E-state index contributed by atoms with van der Waals surface area (Å²) in [6.45, 7) is 16.0. The maximum absolute atomic E-state index is 13.5. The smallest absolute Gasteiger partial charge is 0.275 e. The monoisotopic (exact) mass is 593 g/mol. The van der Waals surface area contributed by atoms with E-state index in [2.05, 4.69) is 42.5 Å². The van der Waals surface area contributed by atoms with Gasteiger partial charge in [0.05, 0.1) is 16.6 Å². The van der Waals surface area contributed by atoms with Crippen LogP contribution in [0.25, 0.3) is 0 Å². The fraction of sp³-hybridized carbons (Fsp3) is 0.576. The average Bonchev–Trinajstić information content (AvgIpc) is 2.97. The number of nitrogens with one attached hydrogen (secondary N) is 1. The van der Waals surface area contributed by atoms with E-state index >= 15 is 0 Å². The number of amides is 1. The number of carbonyl (C=O) groups excluding carboxylic acids is 2. The SMILES string of the molecule is C=C(CCC)N1N=C(c2cc(N3CCC(N(C=S)C4(C(=O)CC)CCC4)CC3)ccc2O)NC(=O)/C1=C(\C)C(C)CC. The van der Waals surface area contributed by atoms with Crippen LogP contribution < -0.4 is 10.2 Å². The lowest BCUT2D eigenvalue weighted by Gasteiger charge is -2.53. The van der Waals surface area contributed by atoms with E-state index in [9.17, 15) is 14.7 Å². The molecule has 2 N–H and O–H groups in total. The van der Waals surface area contributed by atoms with E-state index in [1.165, 1.54) is 0 Å². The van der Waals surface area contributed by atoms with Gasteiger partial charge in [0.1, 0.15) is 11.4 Å². The summed E-state index contributed by atoms with van der Waals surface area (Å²) >= 11 is 5.44. The lowest BCUT2D eigenvalue weighted by atomic mass is 9.70. The third kappa shape index (κ3) is 5.98. The highest BCUT2D eigenvalue weighted by molar-refractivity contribution is 7.78. The van der Waals surface area contributed by atoms with Crippen molar-refractivity contribution in [3.63, 3.8) is 0 Å². The van der Waals surface area contributed by atoms with Crippen LogP contribution in [0.1, 0.15) is 98.0 Å². The van der Waals surface area contributed by atoms with Crippen molar-refractivity contribution in [1.29, 1.82) is 0 Å². The summed E-state index contributed by atoms with van der Waals surface area (Å²) < 4.78 is 0. The number of rotatable bonds is 12. The van der Waals surface area contributed by atoms with Crippen molar-refractivity contribution in [3.05, 3.63) is 47.3 Å². The van der Waals surface area contributed by atoms with Gasteiger partial charge in [0, 0.05) is 36.9 Å². The predicted octanol–water partition coefficient (Wildman–Crippen LogP) is 6.25. The molecule has 8 nitrogen and oxygen atoms in total. The van der Waals surface area contributed by atoms with Gasteiger partial charge >= 0.3 is 0 Å². The Kier molecular flexibility index (Phi) is 10.1. The van der Waals surface area contributed by atoms with Crippen LogP contribution in [-0.2, 0) is 9.59 Å². The Morgan fingerprint density at radius 3 is 2.52 bits per heavy atom. The summed E-state index contributed by atoms with van der Waals surface area (Å²) in [5, 5.41) is 20.3. The summed E-state index contributed by atoms with van der Waals surface area (Å²) in [4.78, 5) is 30.9. The highest BCUT2D eigenvalue weighted by atomic mass is 32.1. The van der Waals surface area contributed by atoms with E-state index in [4.69, 9.17) is 17.3 Å². The number of phenols is 1. The first-order valence-corrected chi connectivity index (χ1v) is 16.0. The lowest BCUT2D eigenvalue weighted by Crippen LogP contribution is -2.63. The normalized spacial score (nSPS) is 20.7. The van der Waals surface area contributed by atoms with Crippen molar-refractivity contribution in [1.82, 2.24) is 15.2 Å². The number of thiocarbonyl (C=S) groups is 1. The number of hydrogen-bond acceptors (Lipinski definition) is 7. The maximum Gasteiger partial charge on any atom is 0.275 e. The van der Waals surface area contributed by atoms with Gasteiger partial charge in [-0.1, -0.05) is 52.9 Å². The fourth-order valence-electron chi connectivity index (χ4n) is 6.44. The van der Waals surface area contributed by atoms with Crippen molar-refractivity contribution in [2.24, 2.45) is 11.0 Å². The van der Waals surface area contributed by atoms with Crippen LogP contribution in [0, 0.1) is 5.92 Å². The van der Waals surface area contributed by atoms with Gasteiger partial charge in [-0.15, -0.1) is 5.10 Å². The lowest BCUT2D eigenvalue weighted by molar-refractivity contribution is -0.135. The molecule has 9 heteroatoms. The molecule has 1 aromatic rings. The fourth-order valence-corrected chi connectivity index (χ4v) is 6.81. The summed E-state index contributed by atoms with van der Waals surface area (Å²) in [7, 11) is 0. The Labute approximate surface area is 256 Å². The number of amidine groups is 1. The molecule has 0 radical (unpaired) electrons. The number of aromatic hydroxyl groups is 1. The highest BCUT2D eigenvalue weighted by Crippen LogP contribution is 2.42. The van der Waals surface area contributed by atoms with E-state index in [1.807, 2.05) is 26.0 Å². The Morgan fingerprint density at radius 2 is 1.98 bits per heavy atom. The zero-order valence-corrected chi connectivity index (χ0v) is 26.7. The van der Waals surface area contributed by atoms with Crippen molar-refractivity contribution in [2.75, 3.05) is 18.0 Å². The van der Waals surface area contributed by atoms with E-state index in [-0.39, 0.29) is 23.6 Å². The molecular weight excluding hydrogens is 546 g/mol. The third-order valence-corrected chi connectivity index (χ3v) is 9.74. The number of hydrazone groups is 1. The first-order chi connectivity index (χ1) is 20.1. The molecule has 2 heterocycles. The van der Waals surface area contributed by atoms with E-state index in [0.717, 1.165) is 75.0 Å². The third-order valence-electron chi connectivity index (χ3n) is 9.51. The number of anilines is 1. The van der Waals surface area contributed by atoms with Gasteiger partial charge < -0.3 is 20.2 Å². The van der Waals surface area contributed by atoms with E-state index in [1.54, 1.807) is 16.6 Å². The molecule has 0 bridgehead atoms. The quantitative estimate of drug-likeness (QED) is 0.219. The predicted molar refractivity (Wildman–Crippen MR) is 173 cm³/mol. The largest absolute Gasteiger partial charge is 0.507 e. The Morgan fingerprint density at radius 1 is 1.29 bits per heavy atom. The molecule has 1 aromatic carbocycles. The molecule has 228 valence electrons. The van der Waals surface area contributed by atoms with Crippen molar-refractivity contribution in [3.8, 4) is 5.75 Å². The van der Waals surface area contributed by atoms with Crippen LogP contribution in [0.15, 0.2) is 46.8 Å².